The summed E-state index contributed by atoms with van der Waals surface area (Å²) in [5.41, 5.74) is 4.53. The van der Waals surface area contributed by atoms with E-state index in [0.717, 1.165) is 21.6 Å². The Morgan fingerprint density at radius 2 is 1.59 bits per heavy atom. The van der Waals surface area contributed by atoms with Crippen molar-refractivity contribution in [3.05, 3.63) is 124 Å². The Morgan fingerprint density at radius 1 is 0.886 bits per heavy atom. The number of aryl methyl sites for hydroxylation is 1. The minimum absolute atomic E-state index is 0.0470. The second-order valence-corrected chi connectivity index (χ2v) is 12.9. The van der Waals surface area contributed by atoms with E-state index in [-0.39, 0.29) is 30.3 Å². The number of carbonyl (C=O) groups is 2. The highest BCUT2D eigenvalue weighted by Gasteiger charge is 2.23. The second-order valence-electron chi connectivity index (χ2n) is 11.4. The molecule has 8 heteroatoms. The van der Waals surface area contributed by atoms with Crippen LogP contribution < -0.4 is 4.90 Å². The zero-order valence-electron chi connectivity index (χ0n) is 24.8. The number of carbonyl (C=O) groups excluding carboxylic acids is 1. The highest BCUT2D eigenvalue weighted by atomic mass is 35.5. The third-order valence-electron chi connectivity index (χ3n) is 8.09. The van der Waals surface area contributed by atoms with Gasteiger partial charge < -0.3 is 15.1 Å². The number of phenols is 1. The smallest absolute Gasteiger partial charge is 0.339 e. The summed E-state index contributed by atoms with van der Waals surface area (Å²) in [7, 11) is 0. The largest absolute Gasteiger partial charge is 0.507 e. The molecule has 0 aliphatic heterocycles. The number of carboxylic acid groups (broad SMARTS) is 1. The van der Waals surface area contributed by atoms with Gasteiger partial charge in [-0.3, -0.25) is 4.79 Å². The van der Waals surface area contributed by atoms with Crippen molar-refractivity contribution in [2.75, 3.05) is 11.4 Å². The highest BCUT2D eigenvalue weighted by molar-refractivity contribution is 7.97. The van der Waals surface area contributed by atoms with Crippen molar-refractivity contribution in [3.63, 3.8) is 0 Å². The van der Waals surface area contributed by atoms with E-state index in [1.807, 2.05) is 59.8 Å². The lowest BCUT2D eigenvalue weighted by molar-refractivity contribution is -0.118. The molecule has 4 aromatic rings. The molecule has 0 saturated heterocycles. The van der Waals surface area contributed by atoms with Crippen LogP contribution in [0.25, 0.3) is 0 Å². The van der Waals surface area contributed by atoms with E-state index in [9.17, 15) is 19.8 Å². The number of aromatic carboxylic acids is 1. The molecule has 0 radical (unpaired) electrons. The van der Waals surface area contributed by atoms with Crippen molar-refractivity contribution < 1.29 is 19.8 Å². The lowest BCUT2D eigenvalue weighted by Crippen LogP contribution is -2.38. The summed E-state index contributed by atoms with van der Waals surface area (Å²) < 4.78 is 1.97. The minimum Gasteiger partial charge on any atom is -0.507 e. The van der Waals surface area contributed by atoms with Crippen LogP contribution in [0.3, 0.4) is 0 Å². The fourth-order valence-corrected chi connectivity index (χ4v) is 6.76. The fourth-order valence-electron chi connectivity index (χ4n) is 5.63. The maximum absolute atomic E-state index is 14.2. The molecule has 1 amide bonds. The van der Waals surface area contributed by atoms with E-state index in [1.54, 1.807) is 11.0 Å². The number of hydrogen-bond acceptors (Lipinski definition) is 5. The second kappa shape index (κ2) is 14.8. The van der Waals surface area contributed by atoms with Gasteiger partial charge >= 0.3 is 5.97 Å². The maximum Gasteiger partial charge on any atom is 0.339 e. The Labute approximate surface area is 268 Å². The van der Waals surface area contributed by atoms with Gasteiger partial charge in [-0.1, -0.05) is 91.0 Å². The number of aromatic hydroxyl groups is 1. The molecule has 5 rings (SSSR count). The van der Waals surface area contributed by atoms with Crippen molar-refractivity contribution in [2.45, 2.75) is 62.9 Å². The lowest BCUT2D eigenvalue weighted by Gasteiger charge is -2.28. The molecule has 6 nitrogen and oxygen atoms in total. The molecule has 1 saturated carbocycles. The standard InChI is InChI=1S/C36H37ClN2O4S/c1-25-11-18-31(19-12-25)44-38(23-29-9-5-6-10-33(29)37)24-35(41)39(30-17-20-32(36(42)43)34(40)21-30)22-26-13-15-28(16-14-26)27-7-3-2-4-8-27/h5-6,9-21,27,40H,2-4,7-8,22-24H2,1H3,(H,42,43). The van der Waals surface area contributed by atoms with Gasteiger partial charge in [0.2, 0.25) is 5.91 Å². The van der Waals surface area contributed by atoms with Gasteiger partial charge in [-0.15, -0.1) is 0 Å². The first-order valence-corrected chi connectivity index (χ1v) is 16.1. The average molecular weight is 629 g/mol. The van der Waals surface area contributed by atoms with Crippen LogP contribution in [-0.2, 0) is 17.9 Å². The van der Waals surface area contributed by atoms with Crippen molar-refractivity contribution in [1.82, 2.24) is 4.31 Å². The average Bonchev–Trinajstić information content (AvgIpc) is 3.02. The van der Waals surface area contributed by atoms with Gasteiger partial charge in [-0.2, -0.15) is 0 Å². The van der Waals surface area contributed by atoms with Gasteiger partial charge in [0.15, 0.2) is 0 Å². The SMILES string of the molecule is Cc1ccc(SN(CC(=O)N(Cc2ccc(C3CCCCC3)cc2)c2ccc(C(=O)O)c(O)c2)Cc2ccccc2Cl)cc1. The summed E-state index contributed by atoms with van der Waals surface area (Å²) in [6.45, 7) is 2.78. The van der Waals surface area contributed by atoms with Crippen molar-refractivity contribution in [3.8, 4) is 5.75 Å². The van der Waals surface area contributed by atoms with Gasteiger partial charge in [-0.05, 0) is 84.7 Å². The number of nitrogens with zero attached hydrogens (tertiary/aromatic N) is 2. The van der Waals surface area contributed by atoms with E-state index < -0.39 is 5.97 Å². The first kappa shape index (κ1) is 31.6. The molecule has 1 aliphatic rings. The number of carboxylic acids is 1. The number of benzene rings is 4. The summed E-state index contributed by atoms with van der Waals surface area (Å²) >= 11 is 7.99. The van der Waals surface area contributed by atoms with Crippen LogP contribution in [0.5, 0.6) is 5.75 Å². The Hall–Kier alpha value is -3.78. The van der Waals surface area contributed by atoms with Crippen LogP contribution >= 0.6 is 23.5 Å². The number of hydrogen-bond donors (Lipinski definition) is 2. The molecule has 1 aliphatic carbocycles. The monoisotopic (exact) mass is 628 g/mol. The predicted molar refractivity (Wildman–Crippen MR) is 177 cm³/mol. The van der Waals surface area contributed by atoms with Gasteiger partial charge in [0.25, 0.3) is 0 Å². The van der Waals surface area contributed by atoms with E-state index in [2.05, 4.69) is 24.3 Å². The summed E-state index contributed by atoms with van der Waals surface area (Å²) in [5, 5.41) is 20.6. The molecule has 4 aromatic carbocycles. The molecule has 0 aromatic heterocycles. The van der Waals surface area contributed by atoms with Gasteiger partial charge in [0, 0.05) is 28.2 Å². The number of amides is 1. The molecule has 0 unspecified atom stereocenters. The summed E-state index contributed by atoms with van der Waals surface area (Å²) in [6.07, 6.45) is 6.23. The van der Waals surface area contributed by atoms with Crippen molar-refractivity contribution in [2.24, 2.45) is 0 Å². The van der Waals surface area contributed by atoms with E-state index in [4.69, 9.17) is 11.6 Å². The Balaban J connectivity index is 1.43. The molecule has 0 heterocycles. The molecule has 0 spiro atoms. The Kier molecular flexibility index (Phi) is 10.6. The number of anilines is 1. The van der Waals surface area contributed by atoms with E-state index in [0.29, 0.717) is 23.2 Å². The number of rotatable bonds is 11. The third kappa shape index (κ3) is 8.23. The number of halogens is 1. The van der Waals surface area contributed by atoms with Gasteiger partial charge in [-0.25, -0.2) is 9.10 Å². The summed E-state index contributed by atoms with van der Waals surface area (Å²) in [4.78, 5) is 28.3. The van der Waals surface area contributed by atoms with Crippen LogP contribution in [0.1, 0.15) is 70.6 Å². The van der Waals surface area contributed by atoms with Crippen LogP contribution in [-0.4, -0.2) is 32.9 Å². The molecule has 0 bridgehead atoms. The topological polar surface area (TPSA) is 81.1 Å². The van der Waals surface area contributed by atoms with Crippen molar-refractivity contribution in [1.29, 1.82) is 0 Å². The first-order valence-electron chi connectivity index (χ1n) is 15.0. The Morgan fingerprint density at radius 3 is 2.25 bits per heavy atom. The zero-order valence-corrected chi connectivity index (χ0v) is 26.4. The molecule has 44 heavy (non-hydrogen) atoms. The molecule has 2 N–H and O–H groups in total. The van der Waals surface area contributed by atoms with Crippen LogP contribution in [0.2, 0.25) is 5.02 Å². The lowest BCUT2D eigenvalue weighted by atomic mass is 9.84. The van der Waals surface area contributed by atoms with Gasteiger partial charge in [0.05, 0.1) is 13.1 Å². The summed E-state index contributed by atoms with van der Waals surface area (Å²) in [5.74, 6) is -1.24. The Bertz CT molecular complexity index is 1590. The minimum atomic E-state index is -1.23. The molecule has 228 valence electrons. The zero-order chi connectivity index (χ0) is 31.1. The molecule has 0 atom stereocenters. The predicted octanol–water partition coefficient (Wildman–Crippen LogP) is 8.84. The quantitative estimate of drug-likeness (QED) is 0.162. The first-order chi connectivity index (χ1) is 21.3. The summed E-state index contributed by atoms with van der Waals surface area (Å²) in [6, 6.07) is 28.4. The molecular weight excluding hydrogens is 592 g/mol. The molecule has 1 fully saturated rings. The maximum atomic E-state index is 14.2. The van der Waals surface area contributed by atoms with E-state index >= 15 is 0 Å². The van der Waals surface area contributed by atoms with Crippen LogP contribution in [0.15, 0.2) is 95.9 Å². The third-order valence-corrected chi connectivity index (χ3v) is 9.46. The van der Waals surface area contributed by atoms with Crippen LogP contribution in [0.4, 0.5) is 5.69 Å². The normalized spacial score (nSPS) is 13.6. The fraction of sp³-hybridized carbons (Fsp3) is 0.278. The van der Waals surface area contributed by atoms with E-state index in [1.165, 1.54) is 61.7 Å². The van der Waals surface area contributed by atoms with Gasteiger partial charge in [0.1, 0.15) is 11.3 Å². The van der Waals surface area contributed by atoms with Crippen LogP contribution in [0, 0.1) is 6.92 Å². The molecular formula is C36H37ClN2O4S. The van der Waals surface area contributed by atoms with Crippen molar-refractivity contribution >= 4 is 41.1 Å². The highest BCUT2D eigenvalue weighted by Crippen LogP contribution is 2.34.